The van der Waals surface area contributed by atoms with Crippen molar-refractivity contribution in [2.24, 2.45) is 0 Å². The number of nitrogens with zero attached hydrogens (tertiary/aromatic N) is 1. The van der Waals surface area contributed by atoms with Gasteiger partial charge in [-0.1, -0.05) is 6.07 Å². The number of nitrogen functional groups attached to an aromatic ring is 1. The number of anilines is 2. The van der Waals surface area contributed by atoms with Gasteiger partial charge in [0.1, 0.15) is 11.3 Å². The van der Waals surface area contributed by atoms with Crippen LogP contribution in [0.2, 0.25) is 0 Å². The van der Waals surface area contributed by atoms with Gasteiger partial charge in [0.2, 0.25) is 5.91 Å². The van der Waals surface area contributed by atoms with Gasteiger partial charge in [0.15, 0.2) is 0 Å². The predicted molar refractivity (Wildman–Crippen MR) is 114 cm³/mol. The Kier molecular flexibility index (Phi) is 5.01. The molecule has 29 heavy (non-hydrogen) atoms. The van der Waals surface area contributed by atoms with Crippen LogP contribution in [0.1, 0.15) is 29.5 Å². The lowest BCUT2D eigenvalue weighted by atomic mass is 9.98. The number of nitrogens with two attached hydrogens (primary N) is 1. The highest BCUT2D eigenvalue weighted by Crippen LogP contribution is 2.32. The maximum absolute atomic E-state index is 13.0. The Bertz CT molecular complexity index is 1150. The van der Waals surface area contributed by atoms with E-state index in [4.69, 9.17) is 14.9 Å². The largest absolute Gasteiger partial charge is 0.497 e. The Balaban J connectivity index is 1.59. The van der Waals surface area contributed by atoms with Crippen LogP contribution in [0.15, 0.2) is 45.6 Å². The number of rotatable bonds is 4. The number of aryl methyl sites for hydroxylation is 1. The van der Waals surface area contributed by atoms with Crippen molar-refractivity contribution in [2.45, 2.75) is 32.6 Å². The second-order valence-corrected chi connectivity index (χ2v) is 7.35. The average Bonchev–Trinajstić information content (AvgIpc) is 2.73. The highest BCUT2D eigenvalue weighted by Gasteiger charge is 2.24. The van der Waals surface area contributed by atoms with Crippen molar-refractivity contribution < 1.29 is 13.9 Å². The zero-order valence-electron chi connectivity index (χ0n) is 16.7. The van der Waals surface area contributed by atoms with E-state index in [0.717, 1.165) is 40.7 Å². The van der Waals surface area contributed by atoms with Crippen LogP contribution in [0.25, 0.3) is 11.0 Å². The number of amides is 1. The lowest BCUT2D eigenvalue weighted by Gasteiger charge is -2.30. The van der Waals surface area contributed by atoms with Gasteiger partial charge in [-0.2, -0.15) is 0 Å². The van der Waals surface area contributed by atoms with E-state index in [1.54, 1.807) is 18.1 Å². The van der Waals surface area contributed by atoms with Gasteiger partial charge in [0.25, 0.3) is 0 Å². The first-order chi connectivity index (χ1) is 14.0. The summed E-state index contributed by atoms with van der Waals surface area (Å²) in [6, 6.07) is 11.1. The standard InChI is InChI=1S/C23H24N2O4/c1-14-16-9-8-15(28-2)13-21(16)29-23(27)17(14)10-11-22(26)25-12-4-5-18-19(24)6-3-7-20(18)25/h3,6-9,13H,4-5,10-12,24H2,1-2H3. The molecule has 2 aromatic carbocycles. The van der Waals surface area contributed by atoms with Crippen LogP contribution in [0.5, 0.6) is 5.75 Å². The van der Waals surface area contributed by atoms with Crippen molar-refractivity contribution in [1.82, 2.24) is 0 Å². The van der Waals surface area contributed by atoms with Crippen molar-refractivity contribution >= 4 is 28.3 Å². The van der Waals surface area contributed by atoms with Crippen LogP contribution in [0, 0.1) is 6.92 Å². The summed E-state index contributed by atoms with van der Waals surface area (Å²) in [5, 5.41) is 0.851. The zero-order chi connectivity index (χ0) is 20.5. The third-order valence-corrected chi connectivity index (χ3v) is 5.67. The lowest BCUT2D eigenvalue weighted by molar-refractivity contribution is -0.118. The first-order valence-corrected chi connectivity index (χ1v) is 9.77. The molecule has 1 aromatic heterocycles. The second kappa shape index (κ2) is 7.62. The fourth-order valence-electron chi connectivity index (χ4n) is 4.07. The van der Waals surface area contributed by atoms with Crippen LogP contribution in [0.4, 0.5) is 11.4 Å². The fourth-order valence-corrected chi connectivity index (χ4v) is 4.07. The molecule has 3 aromatic rings. The minimum absolute atomic E-state index is 0.00909. The molecule has 0 radical (unpaired) electrons. The smallest absolute Gasteiger partial charge is 0.339 e. The van der Waals surface area contributed by atoms with E-state index in [0.29, 0.717) is 29.9 Å². The summed E-state index contributed by atoms with van der Waals surface area (Å²) in [7, 11) is 1.57. The van der Waals surface area contributed by atoms with Crippen LogP contribution in [-0.2, 0) is 17.6 Å². The van der Waals surface area contributed by atoms with Crippen LogP contribution >= 0.6 is 0 Å². The number of methoxy groups -OCH3 is 1. The van der Waals surface area contributed by atoms with Gasteiger partial charge in [-0.15, -0.1) is 0 Å². The van der Waals surface area contributed by atoms with Gasteiger partial charge in [0, 0.05) is 41.4 Å². The van der Waals surface area contributed by atoms with Gasteiger partial charge in [-0.05, 0) is 61.6 Å². The number of carbonyl (C=O) groups excluding carboxylic acids is 1. The SMILES string of the molecule is COc1ccc2c(C)c(CCC(=O)N3CCCc4c(N)cccc43)c(=O)oc2c1. The molecule has 0 unspecified atom stereocenters. The van der Waals surface area contributed by atoms with Gasteiger partial charge in [-0.25, -0.2) is 4.79 Å². The van der Waals surface area contributed by atoms with E-state index in [2.05, 4.69) is 0 Å². The van der Waals surface area contributed by atoms with E-state index in [9.17, 15) is 9.59 Å². The van der Waals surface area contributed by atoms with E-state index in [-0.39, 0.29) is 12.3 Å². The Hall–Kier alpha value is -3.28. The number of benzene rings is 2. The Morgan fingerprint density at radius 2 is 2.10 bits per heavy atom. The van der Waals surface area contributed by atoms with E-state index in [1.807, 2.05) is 37.3 Å². The minimum Gasteiger partial charge on any atom is -0.497 e. The highest BCUT2D eigenvalue weighted by atomic mass is 16.5. The molecule has 6 nitrogen and oxygen atoms in total. The molecule has 1 aliphatic rings. The molecular weight excluding hydrogens is 368 g/mol. The van der Waals surface area contributed by atoms with Crippen molar-refractivity contribution in [3.63, 3.8) is 0 Å². The Labute approximate surface area is 168 Å². The molecule has 0 fully saturated rings. The molecule has 0 spiro atoms. The van der Waals surface area contributed by atoms with Gasteiger partial charge in [0.05, 0.1) is 7.11 Å². The molecular formula is C23H24N2O4. The monoisotopic (exact) mass is 392 g/mol. The number of hydrogen-bond acceptors (Lipinski definition) is 5. The molecule has 0 saturated heterocycles. The van der Waals surface area contributed by atoms with E-state index < -0.39 is 5.63 Å². The molecule has 0 bridgehead atoms. The van der Waals surface area contributed by atoms with Crippen LogP contribution in [-0.4, -0.2) is 19.6 Å². The molecule has 0 atom stereocenters. The molecule has 6 heteroatoms. The maximum Gasteiger partial charge on any atom is 0.339 e. The summed E-state index contributed by atoms with van der Waals surface area (Å²) in [6.45, 7) is 2.56. The number of hydrogen-bond donors (Lipinski definition) is 1. The maximum atomic E-state index is 13.0. The van der Waals surface area contributed by atoms with Gasteiger partial charge < -0.3 is 19.8 Å². The van der Waals surface area contributed by atoms with Crippen LogP contribution in [0.3, 0.4) is 0 Å². The summed E-state index contributed by atoms with van der Waals surface area (Å²) >= 11 is 0. The molecule has 1 amide bonds. The summed E-state index contributed by atoms with van der Waals surface area (Å²) in [5.41, 5.74) is 10.2. The Morgan fingerprint density at radius 3 is 2.90 bits per heavy atom. The zero-order valence-corrected chi connectivity index (χ0v) is 16.7. The molecule has 4 rings (SSSR count). The number of carbonyl (C=O) groups is 1. The topological polar surface area (TPSA) is 85.8 Å². The molecule has 2 heterocycles. The van der Waals surface area contributed by atoms with Crippen molar-refractivity contribution in [2.75, 3.05) is 24.3 Å². The molecule has 0 saturated carbocycles. The summed E-state index contributed by atoms with van der Waals surface area (Å²) in [4.78, 5) is 27.3. The van der Waals surface area contributed by atoms with Crippen molar-refractivity contribution in [3.05, 3.63) is 63.5 Å². The second-order valence-electron chi connectivity index (χ2n) is 7.35. The molecule has 150 valence electrons. The number of fused-ring (bicyclic) bond motifs is 2. The summed E-state index contributed by atoms with van der Waals surface area (Å²) < 4.78 is 10.7. The van der Waals surface area contributed by atoms with Crippen molar-refractivity contribution in [3.8, 4) is 5.75 Å². The molecule has 2 N–H and O–H groups in total. The predicted octanol–water partition coefficient (Wildman–Crippen LogP) is 3.60. The highest BCUT2D eigenvalue weighted by molar-refractivity contribution is 5.95. The Morgan fingerprint density at radius 1 is 1.28 bits per heavy atom. The van der Waals surface area contributed by atoms with E-state index in [1.165, 1.54) is 0 Å². The van der Waals surface area contributed by atoms with E-state index >= 15 is 0 Å². The van der Waals surface area contributed by atoms with Gasteiger partial charge in [-0.3, -0.25) is 4.79 Å². The lowest BCUT2D eigenvalue weighted by Crippen LogP contribution is -2.36. The quantitative estimate of drug-likeness (QED) is 0.542. The summed E-state index contributed by atoms with van der Waals surface area (Å²) in [6.07, 6.45) is 2.33. The molecule has 1 aliphatic heterocycles. The van der Waals surface area contributed by atoms with Gasteiger partial charge >= 0.3 is 5.63 Å². The molecule has 0 aliphatic carbocycles. The summed E-state index contributed by atoms with van der Waals surface area (Å²) in [5.74, 6) is 0.621. The first kappa shape index (κ1) is 19.1. The normalized spacial score (nSPS) is 13.4. The third kappa shape index (κ3) is 3.46. The minimum atomic E-state index is -0.403. The van der Waals surface area contributed by atoms with Crippen molar-refractivity contribution in [1.29, 1.82) is 0 Å². The fraction of sp³-hybridized carbons (Fsp3) is 0.304. The third-order valence-electron chi connectivity index (χ3n) is 5.67. The average molecular weight is 392 g/mol. The van der Waals surface area contributed by atoms with Crippen LogP contribution < -0.4 is 21.0 Å². The first-order valence-electron chi connectivity index (χ1n) is 9.77. The number of ether oxygens (including phenoxy) is 1.